The molecule has 1 atom stereocenters. The quantitative estimate of drug-likeness (QED) is 0.841. The van der Waals surface area contributed by atoms with Crippen LogP contribution in [0.4, 0.5) is 5.69 Å². The molecule has 146 valence electrons. The van der Waals surface area contributed by atoms with Crippen LogP contribution in [-0.4, -0.2) is 58.3 Å². The Morgan fingerprint density at radius 1 is 1.26 bits per heavy atom. The normalized spacial score (nSPS) is 22.3. The Balaban J connectivity index is 1.56. The molecule has 0 amide bonds. The van der Waals surface area contributed by atoms with E-state index in [1.165, 1.54) is 6.26 Å². The summed E-state index contributed by atoms with van der Waals surface area (Å²) in [5.74, 6) is 0.595. The second-order valence-electron chi connectivity index (χ2n) is 7.64. The lowest BCUT2D eigenvalue weighted by molar-refractivity contribution is 0.236. The largest absolute Gasteiger partial charge is 0.495 e. The van der Waals surface area contributed by atoms with Crippen molar-refractivity contribution in [3.05, 3.63) is 23.4 Å². The van der Waals surface area contributed by atoms with Crippen LogP contribution in [0, 0.1) is 10.2 Å². The number of fused-ring (bicyclic) bond motifs is 1. The molecule has 0 saturated carbocycles. The predicted octanol–water partition coefficient (Wildman–Crippen LogP) is 3.18. The van der Waals surface area contributed by atoms with Crippen molar-refractivity contribution in [3.8, 4) is 5.75 Å². The van der Waals surface area contributed by atoms with E-state index < -0.39 is 9.92 Å². The van der Waals surface area contributed by atoms with Crippen LogP contribution in [0.2, 0.25) is 5.02 Å². The summed E-state index contributed by atoms with van der Waals surface area (Å²) < 4.78 is 27.1. The van der Waals surface area contributed by atoms with Crippen molar-refractivity contribution in [1.29, 1.82) is 4.78 Å². The van der Waals surface area contributed by atoms with Gasteiger partial charge in [-0.15, -0.1) is 0 Å². The van der Waals surface area contributed by atoms with Gasteiger partial charge in [-0.3, -0.25) is 0 Å². The molecule has 7 nitrogen and oxygen atoms in total. The van der Waals surface area contributed by atoms with E-state index in [-0.39, 0.29) is 5.41 Å². The number of anilines is 1. The number of piperidine rings is 1. The number of aromatic nitrogens is 2. The Labute approximate surface area is 164 Å². The van der Waals surface area contributed by atoms with Gasteiger partial charge in [0.15, 0.2) is 0 Å². The van der Waals surface area contributed by atoms with Gasteiger partial charge in [0, 0.05) is 43.9 Å². The minimum atomic E-state index is -2.61. The maximum atomic E-state index is 12.1. The predicted molar refractivity (Wildman–Crippen MR) is 108 cm³/mol. The lowest BCUT2D eigenvalue weighted by atomic mass is 9.77. The Kier molecular flexibility index (Phi) is 4.68. The summed E-state index contributed by atoms with van der Waals surface area (Å²) in [6, 6.07) is 3.72. The first-order chi connectivity index (χ1) is 12.8. The number of hydrogen-bond acceptors (Lipinski definition) is 6. The molecule has 2 aliphatic heterocycles. The second-order valence-corrected chi connectivity index (χ2v) is 10.2. The zero-order chi connectivity index (χ0) is 19.2. The van der Waals surface area contributed by atoms with Crippen LogP contribution in [0.3, 0.4) is 0 Å². The van der Waals surface area contributed by atoms with Crippen LogP contribution in [0.25, 0.3) is 10.9 Å². The maximum Gasteiger partial charge on any atom is 0.139 e. The van der Waals surface area contributed by atoms with Crippen LogP contribution in [0.15, 0.2) is 18.3 Å². The minimum absolute atomic E-state index is 0.174. The molecule has 1 spiro atoms. The van der Waals surface area contributed by atoms with Crippen molar-refractivity contribution in [2.24, 2.45) is 5.41 Å². The topological polar surface area (TPSA) is 82.4 Å². The smallest absolute Gasteiger partial charge is 0.139 e. The van der Waals surface area contributed by atoms with E-state index in [1.54, 1.807) is 13.3 Å². The van der Waals surface area contributed by atoms with E-state index in [0.717, 1.165) is 62.0 Å². The molecule has 9 heteroatoms. The van der Waals surface area contributed by atoms with Gasteiger partial charge in [-0.25, -0.2) is 13.3 Å². The summed E-state index contributed by atoms with van der Waals surface area (Å²) in [7, 11) is -1.02. The third kappa shape index (κ3) is 3.46. The molecule has 27 heavy (non-hydrogen) atoms. The molecule has 3 heterocycles. The number of ether oxygens (including phenoxy) is 1. The number of methoxy groups -OCH3 is 1. The molecular formula is C18H24ClN5O2S. The van der Waals surface area contributed by atoms with E-state index in [2.05, 4.69) is 15.1 Å². The van der Waals surface area contributed by atoms with Crippen molar-refractivity contribution in [3.63, 3.8) is 0 Å². The highest BCUT2D eigenvalue weighted by molar-refractivity contribution is 7.89. The van der Waals surface area contributed by atoms with Gasteiger partial charge < -0.3 is 9.64 Å². The van der Waals surface area contributed by atoms with Crippen LogP contribution in [0.1, 0.15) is 19.3 Å². The molecule has 1 aromatic heterocycles. The first-order valence-electron chi connectivity index (χ1n) is 9.04. The van der Waals surface area contributed by atoms with E-state index in [4.69, 9.17) is 21.1 Å². The van der Waals surface area contributed by atoms with Crippen molar-refractivity contribution in [2.45, 2.75) is 19.3 Å². The molecule has 0 bridgehead atoms. The fourth-order valence-electron chi connectivity index (χ4n) is 4.28. The number of benzene rings is 1. The van der Waals surface area contributed by atoms with Crippen LogP contribution in [-0.2, 0) is 9.92 Å². The molecule has 1 unspecified atom stereocenters. The zero-order valence-corrected chi connectivity index (χ0v) is 17.1. The molecule has 0 radical (unpaired) electrons. The van der Waals surface area contributed by atoms with Gasteiger partial charge in [0.1, 0.15) is 15.7 Å². The Hall–Kier alpha value is -1.64. The van der Waals surface area contributed by atoms with E-state index in [1.807, 2.05) is 16.4 Å². The second kappa shape index (κ2) is 6.76. The fraction of sp³-hybridized carbons (Fsp3) is 0.556. The average molecular weight is 410 g/mol. The van der Waals surface area contributed by atoms with Crippen molar-refractivity contribution in [1.82, 2.24) is 14.5 Å². The molecular weight excluding hydrogens is 386 g/mol. The van der Waals surface area contributed by atoms with Gasteiger partial charge >= 0.3 is 0 Å². The van der Waals surface area contributed by atoms with Gasteiger partial charge in [-0.2, -0.15) is 10.2 Å². The molecule has 2 aliphatic rings. The molecule has 2 fully saturated rings. The van der Waals surface area contributed by atoms with Crippen LogP contribution < -0.4 is 9.64 Å². The van der Waals surface area contributed by atoms with Crippen molar-refractivity contribution in [2.75, 3.05) is 44.4 Å². The Morgan fingerprint density at radius 3 is 2.59 bits per heavy atom. The summed E-state index contributed by atoms with van der Waals surface area (Å²) in [4.78, 5) is 2.33. The first kappa shape index (κ1) is 18.7. The van der Waals surface area contributed by atoms with E-state index in [0.29, 0.717) is 10.8 Å². The highest BCUT2D eigenvalue weighted by atomic mass is 35.5. The third-order valence-electron chi connectivity index (χ3n) is 5.95. The summed E-state index contributed by atoms with van der Waals surface area (Å²) in [6.45, 7) is 3.33. The molecule has 1 N–H and O–H groups in total. The monoisotopic (exact) mass is 409 g/mol. The van der Waals surface area contributed by atoms with Crippen LogP contribution >= 0.6 is 11.6 Å². The molecule has 2 aromatic rings. The van der Waals surface area contributed by atoms with Gasteiger partial charge in [0.05, 0.1) is 29.5 Å². The Morgan fingerprint density at radius 2 is 1.96 bits per heavy atom. The van der Waals surface area contributed by atoms with E-state index in [9.17, 15) is 4.21 Å². The zero-order valence-electron chi connectivity index (χ0n) is 15.6. The molecule has 2 saturated heterocycles. The van der Waals surface area contributed by atoms with Crippen molar-refractivity contribution < 1.29 is 8.95 Å². The highest BCUT2D eigenvalue weighted by Crippen LogP contribution is 2.43. The summed E-state index contributed by atoms with van der Waals surface area (Å²) in [5.41, 5.74) is 1.97. The number of halogens is 1. The number of hydrogen-bond donors (Lipinski definition) is 1. The fourth-order valence-corrected chi connectivity index (χ4v) is 5.48. The highest BCUT2D eigenvalue weighted by Gasteiger charge is 2.42. The molecule has 4 rings (SSSR count). The molecule has 1 aromatic carbocycles. The van der Waals surface area contributed by atoms with Gasteiger partial charge in [0.2, 0.25) is 0 Å². The minimum Gasteiger partial charge on any atom is -0.495 e. The Bertz CT molecular complexity index is 973. The lowest BCUT2D eigenvalue weighted by Crippen LogP contribution is -2.42. The number of nitrogens with one attached hydrogen (secondary N) is 1. The summed E-state index contributed by atoms with van der Waals surface area (Å²) in [5, 5.41) is 9.92. The molecule has 0 aliphatic carbocycles. The standard InChI is InChI=1S/C18H24ClN5O2S/c1-26-17-10-15-13(9-14(17)19)16(11-21-22-15)23-6-3-18(4-7-23)5-8-24(12-18)27(2,20)25/h9-11,20H,3-8,12H2,1-2H3. The SMILES string of the molecule is COc1cc2nncc(N3CCC4(CC3)CCN(S(C)(=N)=O)C4)c2cc1Cl. The maximum absolute atomic E-state index is 12.1. The van der Waals surface area contributed by atoms with Gasteiger partial charge in [-0.1, -0.05) is 11.6 Å². The first-order valence-corrected chi connectivity index (χ1v) is 11.3. The number of nitrogens with zero attached hydrogens (tertiary/aromatic N) is 4. The van der Waals surface area contributed by atoms with Gasteiger partial charge in [0.25, 0.3) is 0 Å². The lowest BCUT2D eigenvalue weighted by Gasteiger charge is -2.40. The summed E-state index contributed by atoms with van der Waals surface area (Å²) in [6.07, 6.45) is 6.38. The van der Waals surface area contributed by atoms with Crippen LogP contribution in [0.5, 0.6) is 5.75 Å². The average Bonchev–Trinajstić information content (AvgIpc) is 3.06. The third-order valence-corrected chi connectivity index (χ3v) is 7.54. The van der Waals surface area contributed by atoms with E-state index >= 15 is 0 Å². The van der Waals surface area contributed by atoms with Crippen molar-refractivity contribution >= 4 is 38.1 Å². The van der Waals surface area contributed by atoms with Gasteiger partial charge in [-0.05, 0) is 30.7 Å². The summed E-state index contributed by atoms with van der Waals surface area (Å²) >= 11 is 6.33. The number of rotatable bonds is 3.